The van der Waals surface area contributed by atoms with Crippen LogP contribution in [0, 0.1) is 5.92 Å². The summed E-state index contributed by atoms with van der Waals surface area (Å²) in [7, 11) is 0. The van der Waals surface area contributed by atoms with Gasteiger partial charge in [0.2, 0.25) is 0 Å². The monoisotopic (exact) mass is 274 g/mol. The molecule has 3 heteroatoms. The molecule has 0 saturated carbocycles. The number of carbonyl (C=O) groups is 2. The predicted molar refractivity (Wildman–Crippen MR) is 78.1 cm³/mol. The molecule has 2 aliphatic rings. The van der Waals surface area contributed by atoms with Crippen LogP contribution < -0.4 is 0 Å². The van der Waals surface area contributed by atoms with Crippen LogP contribution in [0.15, 0.2) is 36.0 Å². The van der Waals surface area contributed by atoms with Gasteiger partial charge in [-0.3, -0.25) is 9.59 Å². The minimum atomic E-state index is -0.113. The summed E-state index contributed by atoms with van der Waals surface area (Å²) in [5.74, 6) is 0.171. The van der Waals surface area contributed by atoms with Gasteiger partial charge in [0.15, 0.2) is 5.78 Å². The molecule has 1 saturated heterocycles. The smallest absolute Gasteiger partial charge is 0.306 e. The zero-order valence-electron chi connectivity index (χ0n) is 12.0. The first-order chi connectivity index (χ1) is 9.70. The number of hydrogen-bond donors (Lipinski definition) is 0. The second-order valence-corrected chi connectivity index (χ2v) is 5.34. The van der Waals surface area contributed by atoms with Crippen molar-refractivity contribution in [1.29, 1.82) is 0 Å². The first kappa shape index (κ1) is 14.8. The molecule has 0 bridgehead atoms. The Bertz CT molecular complexity index is 457. The van der Waals surface area contributed by atoms with Crippen molar-refractivity contribution < 1.29 is 14.3 Å². The van der Waals surface area contributed by atoms with Crippen molar-refractivity contribution in [1.82, 2.24) is 0 Å². The average Bonchev–Trinajstić information content (AvgIpc) is 2.78. The van der Waals surface area contributed by atoms with Gasteiger partial charge in [0.25, 0.3) is 0 Å². The Morgan fingerprint density at radius 3 is 2.90 bits per heavy atom. The highest BCUT2D eigenvalue weighted by Gasteiger charge is 2.24. The van der Waals surface area contributed by atoms with Crippen molar-refractivity contribution in [2.24, 2.45) is 5.92 Å². The van der Waals surface area contributed by atoms with Crippen LogP contribution in [-0.2, 0) is 14.3 Å². The highest BCUT2D eigenvalue weighted by Crippen LogP contribution is 2.27. The first-order valence-electron chi connectivity index (χ1n) is 7.47. The van der Waals surface area contributed by atoms with E-state index < -0.39 is 0 Å². The van der Waals surface area contributed by atoms with Gasteiger partial charge in [-0.1, -0.05) is 31.2 Å². The van der Waals surface area contributed by atoms with E-state index in [0.29, 0.717) is 12.8 Å². The molecule has 3 nitrogen and oxygen atoms in total. The summed E-state index contributed by atoms with van der Waals surface area (Å²) in [6, 6.07) is 0. The molecule has 0 spiro atoms. The molecule has 2 atom stereocenters. The van der Waals surface area contributed by atoms with Gasteiger partial charge < -0.3 is 4.74 Å². The molecule has 1 heterocycles. The lowest BCUT2D eigenvalue weighted by Gasteiger charge is -2.21. The SMILES string of the molecule is CC/C=C\C[C@H]1C=CC(=O)/C1=C/C[C@@H]1CCCC(=O)O1. The quantitative estimate of drug-likeness (QED) is 0.438. The molecule has 0 N–H and O–H groups in total. The molecule has 0 radical (unpaired) electrons. The maximum atomic E-state index is 11.9. The predicted octanol–water partition coefficient (Wildman–Crippen LogP) is 3.51. The second kappa shape index (κ2) is 7.22. The highest BCUT2D eigenvalue weighted by atomic mass is 16.5. The van der Waals surface area contributed by atoms with Gasteiger partial charge in [-0.05, 0) is 31.8 Å². The molecule has 1 aliphatic heterocycles. The Kier molecular flexibility index (Phi) is 5.33. The molecule has 0 aromatic heterocycles. The first-order valence-corrected chi connectivity index (χ1v) is 7.47. The number of hydrogen-bond acceptors (Lipinski definition) is 3. The molecule has 1 aliphatic carbocycles. The number of allylic oxidation sites excluding steroid dienone is 5. The molecule has 2 rings (SSSR count). The third kappa shape index (κ3) is 3.92. The average molecular weight is 274 g/mol. The second-order valence-electron chi connectivity index (χ2n) is 5.34. The summed E-state index contributed by atoms with van der Waals surface area (Å²) >= 11 is 0. The van der Waals surface area contributed by atoms with E-state index >= 15 is 0 Å². The molecule has 0 aromatic rings. The van der Waals surface area contributed by atoms with Gasteiger partial charge in [-0.15, -0.1) is 0 Å². The van der Waals surface area contributed by atoms with Crippen LogP contribution in [0.1, 0.15) is 45.4 Å². The summed E-state index contributed by atoms with van der Waals surface area (Å²) in [4.78, 5) is 23.1. The fourth-order valence-electron chi connectivity index (χ4n) is 2.66. The molecule has 108 valence electrons. The summed E-state index contributed by atoms with van der Waals surface area (Å²) in [6.45, 7) is 2.10. The van der Waals surface area contributed by atoms with Crippen LogP contribution in [0.4, 0.5) is 0 Å². The third-order valence-electron chi connectivity index (χ3n) is 3.76. The normalized spacial score (nSPS) is 28.6. The van der Waals surface area contributed by atoms with Crippen LogP contribution in [0.3, 0.4) is 0 Å². The lowest BCUT2D eigenvalue weighted by atomic mass is 9.95. The van der Waals surface area contributed by atoms with Crippen LogP contribution in [0.25, 0.3) is 0 Å². The van der Waals surface area contributed by atoms with Gasteiger partial charge in [-0.2, -0.15) is 0 Å². The van der Waals surface area contributed by atoms with Crippen molar-refractivity contribution in [3.8, 4) is 0 Å². The Morgan fingerprint density at radius 2 is 2.15 bits per heavy atom. The lowest BCUT2D eigenvalue weighted by molar-refractivity contribution is -0.153. The molecule has 0 aromatic carbocycles. The zero-order valence-corrected chi connectivity index (χ0v) is 12.0. The molecular formula is C17H22O3. The van der Waals surface area contributed by atoms with E-state index in [4.69, 9.17) is 4.74 Å². The van der Waals surface area contributed by atoms with E-state index in [1.807, 2.05) is 12.2 Å². The number of ketones is 1. The number of carbonyl (C=O) groups excluding carboxylic acids is 2. The van der Waals surface area contributed by atoms with Crippen LogP contribution >= 0.6 is 0 Å². The zero-order chi connectivity index (χ0) is 14.4. The summed E-state index contributed by atoms with van der Waals surface area (Å²) in [5, 5.41) is 0. The Balaban J connectivity index is 1.94. The van der Waals surface area contributed by atoms with Gasteiger partial charge in [0, 0.05) is 24.3 Å². The molecular weight excluding hydrogens is 252 g/mol. The minimum absolute atomic E-state index is 0.0519. The van der Waals surface area contributed by atoms with E-state index in [1.165, 1.54) is 0 Å². The van der Waals surface area contributed by atoms with Crippen molar-refractivity contribution in [2.75, 3.05) is 0 Å². The summed E-state index contributed by atoms with van der Waals surface area (Å²) < 4.78 is 5.29. The van der Waals surface area contributed by atoms with Gasteiger partial charge in [0.1, 0.15) is 6.10 Å². The Morgan fingerprint density at radius 1 is 1.30 bits per heavy atom. The lowest BCUT2D eigenvalue weighted by Crippen LogP contribution is -2.23. The Labute approximate surface area is 120 Å². The third-order valence-corrected chi connectivity index (χ3v) is 3.76. The van der Waals surface area contributed by atoms with Crippen molar-refractivity contribution in [3.63, 3.8) is 0 Å². The van der Waals surface area contributed by atoms with Crippen molar-refractivity contribution in [2.45, 2.75) is 51.6 Å². The topological polar surface area (TPSA) is 43.4 Å². The minimum Gasteiger partial charge on any atom is -0.462 e. The number of rotatable bonds is 5. The maximum absolute atomic E-state index is 11.9. The van der Waals surface area contributed by atoms with Gasteiger partial charge in [-0.25, -0.2) is 0 Å². The number of esters is 1. The summed E-state index contributed by atoms with van der Waals surface area (Å²) in [6.07, 6.45) is 14.6. The Hall–Kier alpha value is -1.64. The van der Waals surface area contributed by atoms with Crippen molar-refractivity contribution >= 4 is 11.8 Å². The van der Waals surface area contributed by atoms with E-state index in [1.54, 1.807) is 6.08 Å². The van der Waals surface area contributed by atoms with Crippen LogP contribution in [0.5, 0.6) is 0 Å². The molecule has 20 heavy (non-hydrogen) atoms. The van der Waals surface area contributed by atoms with Crippen molar-refractivity contribution in [3.05, 3.63) is 36.0 Å². The number of cyclic esters (lactones) is 1. The molecule has 0 amide bonds. The van der Waals surface area contributed by atoms with Gasteiger partial charge >= 0.3 is 5.97 Å². The fourth-order valence-corrected chi connectivity index (χ4v) is 2.66. The van der Waals surface area contributed by atoms with E-state index in [2.05, 4.69) is 19.1 Å². The van der Waals surface area contributed by atoms with E-state index in [0.717, 1.165) is 31.3 Å². The molecule has 0 unspecified atom stereocenters. The van der Waals surface area contributed by atoms with Crippen LogP contribution in [0.2, 0.25) is 0 Å². The molecule has 1 fully saturated rings. The van der Waals surface area contributed by atoms with E-state index in [9.17, 15) is 9.59 Å². The maximum Gasteiger partial charge on any atom is 0.306 e. The largest absolute Gasteiger partial charge is 0.462 e. The van der Waals surface area contributed by atoms with Crippen LogP contribution in [-0.4, -0.2) is 17.9 Å². The van der Waals surface area contributed by atoms with Gasteiger partial charge in [0.05, 0.1) is 0 Å². The van der Waals surface area contributed by atoms with E-state index in [-0.39, 0.29) is 23.8 Å². The summed E-state index contributed by atoms with van der Waals surface area (Å²) in [5.41, 5.74) is 0.854. The number of ether oxygens (including phenoxy) is 1. The standard InChI is InChI=1S/C17H22O3/c1-2-3-4-6-13-9-12-16(18)15(13)11-10-14-7-5-8-17(19)20-14/h3-4,9,11-14H,2,5-8,10H2,1H3/b4-3-,15-11+/t13-,14-/m0/s1. The highest BCUT2D eigenvalue weighted by molar-refractivity contribution is 6.07. The fraction of sp³-hybridized carbons (Fsp3) is 0.529.